The van der Waals surface area contributed by atoms with E-state index in [-0.39, 0.29) is 17.2 Å². The monoisotopic (exact) mass is 374 g/mol. The third kappa shape index (κ3) is 4.26. The number of aryl methyl sites for hydroxylation is 2. The van der Waals surface area contributed by atoms with Gasteiger partial charge in [0.1, 0.15) is 5.65 Å². The molecule has 0 unspecified atom stereocenters. The molecule has 1 aliphatic carbocycles. The number of fused-ring (bicyclic) bond motifs is 1. The summed E-state index contributed by atoms with van der Waals surface area (Å²) in [4.78, 5) is 33.5. The molecule has 1 saturated carbocycles. The number of thioether (sulfide) groups is 1. The third-order valence-electron chi connectivity index (χ3n) is 4.46. The zero-order chi connectivity index (χ0) is 18.8. The second kappa shape index (κ2) is 7.78. The van der Waals surface area contributed by atoms with Gasteiger partial charge in [-0.25, -0.2) is 4.98 Å². The summed E-state index contributed by atoms with van der Waals surface area (Å²) in [7, 11) is 0. The maximum Gasteiger partial charge on any atom is 0.283 e. The van der Waals surface area contributed by atoms with Crippen LogP contribution in [0.15, 0.2) is 16.0 Å². The second-order valence-electron chi connectivity index (χ2n) is 7.40. The number of carbonyl (C=O) groups is 1. The average Bonchev–Trinajstić information content (AvgIpc) is 3.36. The van der Waals surface area contributed by atoms with E-state index in [0.717, 1.165) is 30.5 Å². The van der Waals surface area contributed by atoms with Crippen LogP contribution >= 0.6 is 11.8 Å². The largest absolute Gasteiger partial charge is 0.355 e. The van der Waals surface area contributed by atoms with Crippen LogP contribution in [0.25, 0.3) is 11.0 Å². The van der Waals surface area contributed by atoms with E-state index < -0.39 is 0 Å². The van der Waals surface area contributed by atoms with Crippen LogP contribution in [0.1, 0.15) is 50.4 Å². The van der Waals surface area contributed by atoms with Gasteiger partial charge in [0.05, 0.1) is 11.1 Å². The summed E-state index contributed by atoms with van der Waals surface area (Å²) in [5.41, 5.74) is 2.23. The van der Waals surface area contributed by atoms with Crippen LogP contribution in [0.5, 0.6) is 0 Å². The molecule has 0 bridgehead atoms. The van der Waals surface area contributed by atoms with Crippen LogP contribution in [-0.4, -0.2) is 32.7 Å². The van der Waals surface area contributed by atoms with E-state index in [9.17, 15) is 9.59 Å². The van der Waals surface area contributed by atoms with E-state index >= 15 is 0 Å². The Labute approximate surface area is 157 Å². The van der Waals surface area contributed by atoms with Crippen molar-refractivity contribution in [2.75, 3.05) is 12.3 Å². The Balaban J connectivity index is 1.86. The summed E-state index contributed by atoms with van der Waals surface area (Å²) < 4.78 is 2.06. The summed E-state index contributed by atoms with van der Waals surface area (Å²) in [5, 5.41) is 4.12. The zero-order valence-corrected chi connectivity index (χ0v) is 16.7. The Hall–Kier alpha value is -1.89. The molecular formula is C19H26N4O2S. The van der Waals surface area contributed by atoms with Gasteiger partial charge in [-0.1, -0.05) is 25.6 Å². The Morgan fingerprint density at radius 1 is 1.35 bits per heavy atom. The summed E-state index contributed by atoms with van der Waals surface area (Å²) in [6, 6.07) is 2.24. The van der Waals surface area contributed by atoms with Crippen molar-refractivity contribution in [1.29, 1.82) is 0 Å². The van der Waals surface area contributed by atoms with E-state index in [0.29, 0.717) is 34.7 Å². The Kier molecular flexibility index (Phi) is 5.65. The van der Waals surface area contributed by atoms with Crippen LogP contribution in [-0.2, 0) is 4.79 Å². The van der Waals surface area contributed by atoms with Crippen LogP contribution < -0.4 is 10.9 Å². The van der Waals surface area contributed by atoms with Crippen molar-refractivity contribution in [2.45, 2.75) is 58.2 Å². The normalized spacial score (nSPS) is 14.2. The summed E-state index contributed by atoms with van der Waals surface area (Å²) in [6.45, 7) is 8.80. The molecule has 0 saturated heterocycles. The first-order valence-electron chi connectivity index (χ1n) is 9.16. The van der Waals surface area contributed by atoms with Crippen molar-refractivity contribution in [3.05, 3.63) is 27.7 Å². The Morgan fingerprint density at radius 3 is 2.73 bits per heavy atom. The molecular weight excluding hydrogens is 348 g/mol. The standard InChI is InChI=1S/C19H26N4O2S/c1-11(2)7-8-20-15(24)10-26-19-22-18(25)16-12(3)9-13(4)21-17(16)23(19)14-5-6-14/h9,11,14H,5-8,10H2,1-4H3,(H,20,24). The zero-order valence-electron chi connectivity index (χ0n) is 15.8. The highest BCUT2D eigenvalue weighted by atomic mass is 32.2. The van der Waals surface area contributed by atoms with Crippen molar-refractivity contribution in [3.8, 4) is 0 Å². The Bertz CT molecular complexity index is 887. The van der Waals surface area contributed by atoms with Crippen LogP contribution in [0.2, 0.25) is 0 Å². The minimum Gasteiger partial charge on any atom is -0.355 e. The molecule has 0 aliphatic heterocycles. The predicted octanol–water partition coefficient (Wildman–Crippen LogP) is 3.00. The van der Waals surface area contributed by atoms with Crippen LogP contribution in [0.4, 0.5) is 0 Å². The molecule has 0 aromatic carbocycles. The molecule has 26 heavy (non-hydrogen) atoms. The summed E-state index contributed by atoms with van der Waals surface area (Å²) in [6.07, 6.45) is 3.07. The molecule has 1 amide bonds. The lowest BCUT2D eigenvalue weighted by molar-refractivity contribution is -0.118. The summed E-state index contributed by atoms with van der Waals surface area (Å²) in [5.74, 6) is 0.788. The fourth-order valence-electron chi connectivity index (χ4n) is 2.99. The predicted molar refractivity (Wildman–Crippen MR) is 105 cm³/mol. The van der Waals surface area contributed by atoms with Gasteiger partial charge in [0.25, 0.3) is 5.56 Å². The second-order valence-corrected chi connectivity index (χ2v) is 8.34. The summed E-state index contributed by atoms with van der Waals surface area (Å²) >= 11 is 1.32. The van der Waals surface area contributed by atoms with Crippen LogP contribution in [0.3, 0.4) is 0 Å². The Morgan fingerprint density at radius 2 is 2.08 bits per heavy atom. The first-order valence-corrected chi connectivity index (χ1v) is 10.2. The first kappa shape index (κ1) is 18.9. The van der Waals surface area contributed by atoms with Gasteiger partial charge in [0, 0.05) is 18.3 Å². The minimum absolute atomic E-state index is 0.0271. The molecule has 6 nitrogen and oxygen atoms in total. The molecule has 140 valence electrons. The van der Waals surface area contributed by atoms with E-state index in [1.165, 1.54) is 11.8 Å². The SMILES string of the molecule is Cc1cc(C)c2c(=O)nc(SCC(=O)NCCC(C)C)n(C3CC3)c2n1. The fourth-order valence-corrected chi connectivity index (χ4v) is 3.87. The molecule has 2 aromatic rings. The van der Waals surface area contributed by atoms with Gasteiger partial charge in [-0.05, 0) is 50.7 Å². The number of hydrogen-bond donors (Lipinski definition) is 1. The van der Waals surface area contributed by atoms with E-state index in [4.69, 9.17) is 0 Å². The minimum atomic E-state index is -0.260. The number of nitrogens with one attached hydrogen (secondary N) is 1. The highest BCUT2D eigenvalue weighted by Gasteiger charge is 2.29. The van der Waals surface area contributed by atoms with Gasteiger partial charge in [-0.3, -0.25) is 9.59 Å². The van der Waals surface area contributed by atoms with Crippen molar-refractivity contribution >= 4 is 28.7 Å². The van der Waals surface area contributed by atoms with Gasteiger partial charge in [-0.15, -0.1) is 0 Å². The van der Waals surface area contributed by atoms with Gasteiger partial charge in [0.2, 0.25) is 5.91 Å². The van der Waals surface area contributed by atoms with Gasteiger partial charge < -0.3 is 9.88 Å². The number of carbonyl (C=O) groups excluding carboxylic acids is 1. The quantitative estimate of drug-likeness (QED) is 0.595. The number of nitrogens with zero attached hydrogens (tertiary/aromatic N) is 3. The van der Waals surface area contributed by atoms with Crippen molar-refractivity contribution in [3.63, 3.8) is 0 Å². The molecule has 1 fully saturated rings. The molecule has 1 N–H and O–H groups in total. The van der Waals surface area contributed by atoms with Gasteiger partial charge in [0.15, 0.2) is 5.16 Å². The molecule has 2 aromatic heterocycles. The maximum absolute atomic E-state index is 12.5. The highest BCUT2D eigenvalue weighted by Crippen LogP contribution is 2.39. The molecule has 7 heteroatoms. The number of rotatable bonds is 7. The number of hydrogen-bond acceptors (Lipinski definition) is 5. The van der Waals surface area contributed by atoms with E-state index in [1.807, 2.05) is 19.9 Å². The lowest BCUT2D eigenvalue weighted by atomic mass is 10.1. The lowest BCUT2D eigenvalue weighted by Crippen LogP contribution is -2.27. The van der Waals surface area contributed by atoms with E-state index in [2.05, 4.69) is 33.7 Å². The van der Waals surface area contributed by atoms with Gasteiger partial charge >= 0.3 is 0 Å². The highest BCUT2D eigenvalue weighted by molar-refractivity contribution is 7.99. The molecule has 2 heterocycles. The third-order valence-corrected chi connectivity index (χ3v) is 5.41. The average molecular weight is 375 g/mol. The van der Waals surface area contributed by atoms with Crippen LogP contribution in [0, 0.1) is 19.8 Å². The van der Waals surface area contributed by atoms with E-state index in [1.54, 1.807) is 0 Å². The van der Waals surface area contributed by atoms with Gasteiger partial charge in [-0.2, -0.15) is 4.98 Å². The maximum atomic E-state index is 12.5. The topological polar surface area (TPSA) is 76.9 Å². The number of pyridine rings is 1. The molecule has 0 atom stereocenters. The lowest BCUT2D eigenvalue weighted by Gasteiger charge is -2.15. The fraction of sp³-hybridized carbons (Fsp3) is 0.579. The molecule has 1 aliphatic rings. The number of amides is 1. The molecule has 3 rings (SSSR count). The molecule has 0 radical (unpaired) electrons. The molecule has 0 spiro atoms. The van der Waals surface area contributed by atoms with Crippen molar-refractivity contribution in [2.24, 2.45) is 5.92 Å². The number of aromatic nitrogens is 3. The van der Waals surface area contributed by atoms with Crippen molar-refractivity contribution < 1.29 is 4.79 Å². The van der Waals surface area contributed by atoms with Crippen molar-refractivity contribution in [1.82, 2.24) is 19.9 Å². The first-order chi connectivity index (χ1) is 12.4. The smallest absolute Gasteiger partial charge is 0.283 e.